The summed E-state index contributed by atoms with van der Waals surface area (Å²) in [5, 5.41) is 2.93. The van der Waals surface area contributed by atoms with Crippen LogP contribution in [0.2, 0.25) is 0 Å². The van der Waals surface area contributed by atoms with Crippen molar-refractivity contribution in [1.82, 2.24) is 20.1 Å². The highest BCUT2D eigenvalue weighted by molar-refractivity contribution is 5.94. The summed E-state index contributed by atoms with van der Waals surface area (Å²) in [6.07, 6.45) is 4.36. The lowest BCUT2D eigenvalue weighted by Crippen LogP contribution is -2.50. The molecule has 0 aromatic carbocycles. The minimum absolute atomic E-state index is 0.0848. The average Bonchev–Trinajstić information content (AvgIpc) is 2.72. The Kier molecular flexibility index (Phi) is 8.70. The van der Waals surface area contributed by atoms with Gasteiger partial charge in [-0.2, -0.15) is 0 Å². The van der Waals surface area contributed by atoms with Crippen LogP contribution in [-0.2, 0) is 4.79 Å². The SMILES string of the molecule is CCC(CC)C(=O)N1CCN(c2ccc(C(=O)NCCCN(C)C)cn2)CC1. The molecule has 1 fully saturated rings. The summed E-state index contributed by atoms with van der Waals surface area (Å²) in [4.78, 5) is 35.4. The summed E-state index contributed by atoms with van der Waals surface area (Å²) in [7, 11) is 4.04. The number of hydrogen-bond donors (Lipinski definition) is 1. The van der Waals surface area contributed by atoms with Crippen LogP contribution in [0.5, 0.6) is 0 Å². The van der Waals surface area contributed by atoms with Crippen LogP contribution in [0.25, 0.3) is 0 Å². The molecule has 1 aliphatic rings. The van der Waals surface area contributed by atoms with Crippen LogP contribution in [0.1, 0.15) is 43.5 Å². The van der Waals surface area contributed by atoms with Crippen molar-refractivity contribution in [3.63, 3.8) is 0 Å². The van der Waals surface area contributed by atoms with Gasteiger partial charge < -0.3 is 20.0 Å². The lowest BCUT2D eigenvalue weighted by atomic mass is 10.0. The molecule has 0 bridgehead atoms. The molecule has 156 valence electrons. The van der Waals surface area contributed by atoms with E-state index in [1.54, 1.807) is 6.20 Å². The summed E-state index contributed by atoms with van der Waals surface area (Å²) in [6.45, 7) is 8.76. The average molecular weight is 390 g/mol. The van der Waals surface area contributed by atoms with Crippen LogP contribution >= 0.6 is 0 Å². The lowest BCUT2D eigenvalue weighted by Gasteiger charge is -2.36. The molecule has 1 N–H and O–H groups in total. The maximum atomic E-state index is 12.5. The van der Waals surface area contributed by atoms with Gasteiger partial charge in [-0.15, -0.1) is 0 Å². The Bertz CT molecular complexity index is 620. The molecule has 0 saturated carbocycles. The second-order valence-corrected chi connectivity index (χ2v) is 7.64. The number of rotatable bonds is 9. The van der Waals surface area contributed by atoms with Gasteiger partial charge >= 0.3 is 0 Å². The van der Waals surface area contributed by atoms with Crippen molar-refractivity contribution < 1.29 is 9.59 Å². The molecule has 7 heteroatoms. The van der Waals surface area contributed by atoms with Gasteiger partial charge in [0.05, 0.1) is 5.56 Å². The van der Waals surface area contributed by atoms with E-state index in [9.17, 15) is 9.59 Å². The molecule has 2 heterocycles. The second kappa shape index (κ2) is 11.0. The van der Waals surface area contributed by atoms with Crippen LogP contribution in [0.3, 0.4) is 0 Å². The van der Waals surface area contributed by atoms with Gasteiger partial charge in [0.15, 0.2) is 0 Å². The number of carbonyl (C=O) groups excluding carboxylic acids is 2. The van der Waals surface area contributed by atoms with Crippen LogP contribution in [0.4, 0.5) is 5.82 Å². The highest BCUT2D eigenvalue weighted by atomic mass is 16.2. The predicted molar refractivity (Wildman–Crippen MR) is 113 cm³/mol. The first-order valence-corrected chi connectivity index (χ1v) is 10.4. The topological polar surface area (TPSA) is 68.8 Å². The first kappa shape index (κ1) is 22.1. The van der Waals surface area contributed by atoms with Gasteiger partial charge in [0.2, 0.25) is 5.91 Å². The van der Waals surface area contributed by atoms with E-state index in [1.807, 2.05) is 31.1 Å². The van der Waals surface area contributed by atoms with Crippen molar-refractivity contribution in [2.75, 3.05) is 58.3 Å². The molecule has 7 nitrogen and oxygen atoms in total. The van der Waals surface area contributed by atoms with Gasteiger partial charge in [-0.25, -0.2) is 4.98 Å². The Morgan fingerprint density at radius 3 is 2.36 bits per heavy atom. The van der Waals surface area contributed by atoms with E-state index in [2.05, 4.69) is 33.9 Å². The van der Waals surface area contributed by atoms with E-state index in [0.29, 0.717) is 12.1 Å². The van der Waals surface area contributed by atoms with E-state index < -0.39 is 0 Å². The predicted octanol–water partition coefficient (Wildman–Crippen LogP) is 1.85. The fraction of sp³-hybridized carbons (Fsp3) is 0.667. The van der Waals surface area contributed by atoms with Gasteiger partial charge in [-0.3, -0.25) is 9.59 Å². The maximum absolute atomic E-state index is 12.5. The second-order valence-electron chi connectivity index (χ2n) is 7.64. The number of piperazine rings is 1. The first-order chi connectivity index (χ1) is 13.5. The number of nitrogens with zero attached hydrogens (tertiary/aromatic N) is 4. The molecule has 28 heavy (non-hydrogen) atoms. The standard InChI is InChI=1S/C21H35N5O2/c1-5-17(6-2)21(28)26-14-12-25(13-15-26)19-9-8-18(16-23-19)20(27)22-10-7-11-24(3)4/h8-9,16-17H,5-7,10-15H2,1-4H3,(H,22,27). The number of hydrogen-bond acceptors (Lipinski definition) is 5. The van der Waals surface area contributed by atoms with Crippen molar-refractivity contribution in [3.8, 4) is 0 Å². The van der Waals surface area contributed by atoms with Crippen LogP contribution in [-0.4, -0.2) is 80.0 Å². The van der Waals surface area contributed by atoms with Gasteiger partial charge in [-0.05, 0) is 52.0 Å². The monoisotopic (exact) mass is 389 g/mol. The summed E-state index contributed by atoms with van der Waals surface area (Å²) >= 11 is 0. The van der Waals surface area contributed by atoms with E-state index in [0.717, 1.165) is 57.8 Å². The van der Waals surface area contributed by atoms with Gasteiger partial charge in [-0.1, -0.05) is 13.8 Å². The molecular weight excluding hydrogens is 354 g/mol. The molecule has 0 spiro atoms. The molecule has 2 amide bonds. The Morgan fingerprint density at radius 1 is 1.14 bits per heavy atom. The zero-order valence-corrected chi connectivity index (χ0v) is 17.8. The third-order valence-electron chi connectivity index (χ3n) is 5.33. The molecule has 1 aliphatic heterocycles. The largest absolute Gasteiger partial charge is 0.353 e. The Hall–Kier alpha value is -2.15. The number of pyridine rings is 1. The maximum Gasteiger partial charge on any atom is 0.252 e. The number of nitrogens with one attached hydrogen (secondary N) is 1. The fourth-order valence-corrected chi connectivity index (χ4v) is 3.46. The zero-order chi connectivity index (χ0) is 20.5. The summed E-state index contributed by atoms with van der Waals surface area (Å²) in [6, 6.07) is 3.72. The van der Waals surface area contributed by atoms with Crippen LogP contribution in [0.15, 0.2) is 18.3 Å². The molecule has 0 unspecified atom stereocenters. The Balaban J connectivity index is 1.82. The molecular formula is C21H35N5O2. The zero-order valence-electron chi connectivity index (χ0n) is 17.8. The lowest BCUT2D eigenvalue weighted by molar-refractivity contribution is -0.136. The minimum Gasteiger partial charge on any atom is -0.353 e. The highest BCUT2D eigenvalue weighted by Gasteiger charge is 2.25. The summed E-state index contributed by atoms with van der Waals surface area (Å²) in [5.74, 6) is 1.19. The van der Waals surface area contributed by atoms with Crippen molar-refractivity contribution in [2.24, 2.45) is 5.92 Å². The van der Waals surface area contributed by atoms with E-state index >= 15 is 0 Å². The van der Waals surface area contributed by atoms with Crippen molar-refractivity contribution in [1.29, 1.82) is 0 Å². The third-order valence-corrected chi connectivity index (χ3v) is 5.33. The third kappa shape index (κ3) is 6.19. The molecule has 0 aliphatic carbocycles. The number of amides is 2. The van der Waals surface area contributed by atoms with E-state index in [4.69, 9.17) is 0 Å². The fourth-order valence-electron chi connectivity index (χ4n) is 3.46. The molecule has 2 rings (SSSR count). The van der Waals surface area contributed by atoms with Gasteiger partial charge in [0, 0.05) is 44.8 Å². The van der Waals surface area contributed by atoms with Crippen LogP contribution in [0, 0.1) is 5.92 Å². The minimum atomic E-state index is -0.0848. The number of aromatic nitrogens is 1. The molecule has 0 radical (unpaired) electrons. The molecule has 1 aromatic rings. The van der Waals surface area contributed by atoms with Crippen LogP contribution < -0.4 is 10.2 Å². The van der Waals surface area contributed by atoms with Gasteiger partial charge in [0.25, 0.3) is 5.91 Å². The summed E-state index contributed by atoms with van der Waals surface area (Å²) < 4.78 is 0. The smallest absolute Gasteiger partial charge is 0.252 e. The first-order valence-electron chi connectivity index (χ1n) is 10.4. The molecule has 1 aromatic heterocycles. The van der Waals surface area contributed by atoms with Crippen molar-refractivity contribution in [2.45, 2.75) is 33.1 Å². The Labute approximate surface area is 169 Å². The van der Waals surface area contributed by atoms with Crippen molar-refractivity contribution in [3.05, 3.63) is 23.9 Å². The molecule has 1 saturated heterocycles. The van der Waals surface area contributed by atoms with E-state index in [-0.39, 0.29) is 17.7 Å². The summed E-state index contributed by atoms with van der Waals surface area (Å²) in [5.41, 5.74) is 0.580. The Morgan fingerprint density at radius 2 is 1.82 bits per heavy atom. The number of carbonyl (C=O) groups is 2. The molecule has 0 atom stereocenters. The highest BCUT2D eigenvalue weighted by Crippen LogP contribution is 2.17. The normalized spacial score (nSPS) is 14.6. The van der Waals surface area contributed by atoms with E-state index in [1.165, 1.54) is 0 Å². The van der Waals surface area contributed by atoms with Gasteiger partial charge in [0.1, 0.15) is 5.82 Å². The number of anilines is 1. The van der Waals surface area contributed by atoms with Crippen molar-refractivity contribution >= 4 is 17.6 Å². The quantitative estimate of drug-likeness (QED) is 0.653.